The van der Waals surface area contributed by atoms with Crippen LogP contribution in [0.25, 0.3) is 0 Å². The summed E-state index contributed by atoms with van der Waals surface area (Å²) in [6.07, 6.45) is 0.493. The Morgan fingerprint density at radius 2 is 2.46 bits per heavy atom. The Morgan fingerprint density at radius 3 is 2.92 bits per heavy atom. The molecule has 1 aromatic heterocycles. The van der Waals surface area contributed by atoms with Crippen LogP contribution in [0.5, 0.6) is 0 Å². The van der Waals surface area contributed by atoms with Crippen LogP contribution in [0.4, 0.5) is 4.39 Å². The van der Waals surface area contributed by atoms with Gasteiger partial charge < -0.3 is 9.42 Å². The molecule has 0 atom stereocenters. The maximum atomic E-state index is 12.4. The fourth-order valence-electron chi connectivity index (χ4n) is 1.26. The average Bonchev–Trinajstić information content (AvgIpc) is 2.44. The van der Waals surface area contributed by atoms with Crippen LogP contribution >= 0.6 is 0 Å². The van der Waals surface area contributed by atoms with E-state index in [2.05, 4.69) is 5.16 Å². The number of amides is 1. The lowest BCUT2D eigenvalue weighted by Crippen LogP contribution is -2.51. The van der Waals surface area contributed by atoms with Gasteiger partial charge in [0.15, 0.2) is 0 Å². The maximum Gasteiger partial charge on any atom is 0.259 e. The highest BCUT2D eigenvalue weighted by molar-refractivity contribution is 5.95. The number of nitrogens with zero attached hydrogens (tertiary/aromatic N) is 2. The fraction of sp³-hybridized carbons (Fsp3) is 0.500. The molecule has 0 N–H and O–H groups in total. The van der Waals surface area contributed by atoms with E-state index in [4.69, 9.17) is 4.52 Å². The molecule has 2 heterocycles. The number of hydrogen-bond acceptors (Lipinski definition) is 3. The summed E-state index contributed by atoms with van der Waals surface area (Å²) in [7, 11) is 0. The predicted octanol–water partition coefficient (Wildman–Crippen LogP) is 0.777. The number of rotatable bonds is 1. The number of halogens is 1. The number of aryl methyl sites for hydroxylation is 1. The lowest BCUT2D eigenvalue weighted by molar-refractivity contribution is 0.0398. The number of hydrogen-bond donors (Lipinski definition) is 0. The summed E-state index contributed by atoms with van der Waals surface area (Å²) < 4.78 is 17.2. The van der Waals surface area contributed by atoms with Crippen molar-refractivity contribution in [3.63, 3.8) is 0 Å². The normalized spacial score (nSPS) is 17.2. The first-order valence-electron chi connectivity index (χ1n) is 4.03. The Kier molecular flexibility index (Phi) is 1.79. The lowest BCUT2D eigenvalue weighted by atomic mass is 10.1. The van der Waals surface area contributed by atoms with Crippen LogP contribution in [-0.2, 0) is 0 Å². The molecule has 1 amide bonds. The van der Waals surface area contributed by atoms with Crippen LogP contribution in [0.3, 0.4) is 0 Å². The molecule has 0 saturated carbocycles. The van der Waals surface area contributed by atoms with E-state index >= 15 is 0 Å². The highest BCUT2D eigenvalue weighted by atomic mass is 19.1. The summed E-state index contributed by atoms with van der Waals surface area (Å²) in [4.78, 5) is 12.9. The van der Waals surface area contributed by atoms with Crippen molar-refractivity contribution in [1.82, 2.24) is 10.1 Å². The molecular weight excluding hydrogens is 175 g/mol. The van der Waals surface area contributed by atoms with Crippen LogP contribution in [0.1, 0.15) is 16.1 Å². The molecule has 70 valence electrons. The van der Waals surface area contributed by atoms with Gasteiger partial charge in [-0.15, -0.1) is 0 Å². The number of carbonyl (C=O) groups is 1. The zero-order valence-corrected chi connectivity index (χ0v) is 7.16. The standard InChI is InChI=1S/C8H9FN2O2/c1-5-7(2-10-13-5)8(12)11-3-6(9)4-11/h2,6H,3-4H2,1H3. The lowest BCUT2D eigenvalue weighted by Gasteiger charge is -2.33. The van der Waals surface area contributed by atoms with Gasteiger partial charge in [0.05, 0.1) is 19.3 Å². The molecule has 1 saturated heterocycles. The Bertz CT molecular complexity index is 331. The van der Waals surface area contributed by atoms with Gasteiger partial charge in [-0.3, -0.25) is 4.79 Å². The van der Waals surface area contributed by atoms with Gasteiger partial charge in [0, 0.05) is 0 Å². The van der Waals surface area contributed by atoms with E-state index in [1.165, 1.54) is 11.1 Å². The molecule has 0 radical (unpaired) electrons. The smallest absolute Gasteiger partial charge is 0.259 e. The summed E-state index contributed by atoms with van der Waals surface area (Å²) in [5.74, 6) is 0.278. The first-order valence-corrected chi connectivity index (χ1v) is 4.03. The second kappa shape index (κ2) is 2.83. The summed E-state index contributed by atoms with van der Waals surface area (Å²) in [6.45, 7) is 2.03. The fourth-order valence-corrected chi connectivity index (χ4v) is 1.26. The first kappa shape index (κ1) is 8.22. The van der Waals surface area contributed by atoms with Gasteiger partial charge >= 0.3 is 0 Å². The van der Waals surface area contributed by atoms with Gasteiger partial charge in [0.2, 0.25) is 0 Å². The minimum Gasteiger partial charge on any atom is -0.361 e. The number of alkyl halides is 1. The van der Waals surface area contributed by atoms with Gasteiger partial charge in [0.1, 0.15) is 17.5 Å². The Morgan fingerprint density at radius 1 is 1.77 bits per heavy atom. The third kappa shape index (κ3) is 1.30. The van der Waals surface area contributed by atoms with Crippen molar-refractivity contribution in [2.75, 3.05) is 13.1 Å². The molecule has 0 aliphatic carbocycles. The largest absolute Gasteiger partial charge is 0.361 e. The molecule has 13 heavy (non-hydrogen) atoms. The second-order valence-corrected chi connectivity index (χ2v) is 3.10. The third-order valence-corrected chi connectivity index (χ3v) is 2.11. The average molecular weight is 184 g/mol. The van der Waals surface area contributed by atoms with Crippen molar-refractivity contribution in [2.24, 2.45) is 0 Å². The molecule has 1 aliphatic heterocycles. The van der Waals surface area contributed by atoms with Crippen molar-refractivity contribution < 1.29 is 13.7 Å². The van der Waals surface area contributed by atoms with E-state index in [0.717, 1.165) is 0 Å². The first-order chi connectivity index (χ1) is 6.18. The van der Waals surface area contributed by atoms with Gasteiger partial charge in [-0.1, -0.05) is 5.16 Å². The van der Waals surface area contributed by atoms with Crippen LogP contribution in [0.15, 0.2) is 10.7 Å². The topological polar surface area (TPSA) is 46.3 Å². The predicted molar refractivity (Wildman–Crippen MR) is 42.0 cm³/mol. The molecule has 0 bridgehead atoms. The summed E-state index contributed by atoms with van der Waals surface area (Å²) in [5, 5.41) is 3.49. The number of likely N-dealkylation sites (tertiary alicyclic amines) is 1. The van der Waals surface area contributed by atoms with Crippen molar-refractivity contribution in [3.05, 3.63) is 17.5 Å². The van der Waals surface area contributed by atoms with E-state index in [-0.39, 0.29) is 19.0 Å². The van der Waals surface area contributed by atoms with E-state index in [9.17, 15) is 9.18 Å². The van der Waals surface area contributed by atoms with Crippen molar-refractivity contribution in [1.29, 1.82) is 0 Å². The maximum absolute atomic E-state index is 12.4. The van der Waals surface area contributed by atoms with Gasteiger partial charge in [-0.05, 0) is 6.92 Å². The third-order valence-electron chi connectivity index (χ3n) is 2.11. The summed E-state index contributed by atoms with van der Waals surface area (Å²) in [5.41, 5.74) is 0.423. The van der Waals surface area contributed by atoms with E-state index in [0.29, 0.717) is 11.3 Å². The number of aromatic nitrogens is 1. The molecule has 0 aromatic carbocycles. The van der Waals surface area contributed by atoms with Gasteiger partial charge in [0.25, 0.3) is 5.91 Å². The van der Waals surface area contributed by atoms with E-state index in [1.54, 1.807) is 6.92 Å². The van der Waals surface area contributed by atoms with Gasteiger partial charge in [-0.25, -0.2) is 4.39 Å². The minimum atomic E-state index is -0.871. The van der Waals surface area contributed by atoms with E-state index < -0.39 is 6.17 Å². The van der Waals surface area contributed by atoms with Crippen molar-refractivity contribution in [2.45, 2.75) is 13.1 Å². The van der Waals surface area contributed by atoms with E-state index in [1.807, 2.05) is 0 Å². The molecular formula is C8H9FN2O2. The highest BCUT2D eigenvalue weighted by Crippen LogP contribution is 2.17. The van der Waals surface area contributed by atoms with Crippen LogP contribution < -0.4 is 0 Å². The molecule has 5 heteroatoms. The SMILES string of the molecule is Cc1oncc1C(=O)N1CC(F)C1. The zero-order valence-electron chi connectivity index (χ0n) is 7.16. The Hall–Kier alpha value is -1.39. The van der Waals surface area contributed by atoms with Crippen LogP contribution in [0.2, 0.25) is 0 Å². The Balaban J connectivity index is 2.10. The van der Waals surface area contributed by atoms with Crippen LogP contribution in [-0.4, -0.2) is 35.2 Å². The molecule has 2 rings (SSSR count). The minimum absolute atomic E-state index is 0.184. The van der Waals surface area contributed by atoms with Crippen molar-refractivity contribution in [3.8, 4) is 0 Å². The number of carbonyl (C=O) groups excluding carboxylic acids is 1. The molecule has 4 nitrogen and oxygen atoms in total. The zero-order chi connectivity index (χ0) is 9.42. The summed E-state index contributed by atoms with van der Waals surface area (Å²) in [6, 6.07) is 0. The second-order valence-electron chi connectivity index (χ2n) is 3.10. The van der Waals surface area contributed by atoms with Crippen LogP contribution in [0, 0.1) is 6.92 Å². The van der Waals surface area contributed by atoms with Crippen molar-refractivity contribution >= 4 is 5.91 Å². The Labute approximate surface area is 74.3 Å². The summed E-state index contributed by atoms with van der Waals surface area (Å²) >= 11 is 0. The molecule has 1 fully saturated rings. The molecule has 0 unspecified atom stereocenters. The molecule has 1 aromatic rings. The molecule has 0 spiro atoms. The quantitative estimate of drug-likeness (QED) is 0.647. The molecule has 1 aliphatic rings. The monoisotopic (exact) mass is 184 g/mol. The highest BCUT2D eigenvalue weighted by Gasteiger charge is 2.32. The van der Waals surface area contributed by atoms with Gasteiger partial charge in [-0.2, -0.15) is 0 Å².